The fourth-order valence-electron chi connectivity index (χ4n) is 2.63. The van der Waals surface area contributed by atoms with Gasteiger partial charge in [0.25, 0.3) is 0 Å². The van der Waals surface area contributed by atoms with Crippen molar-refractivity contribution < 1.29 is 13.9 Å². The van der Waals surface area contributed by atoms with Crippen molar-refractivity contribution in [3.63, 3.8) is 0 Å². The van der Waals surface area contributed by atoms with Gasteiger partial charge in [-0.3, -0.25) is 4.79 Å². The summed E-state index contributed by atoms with van der Waals surface area (Å²) in [6.07, 6.45) is 0.684. The Morgan fingerprint density at radius 1 is 1.10 bits per heavy atom. The van der Waals surface area contributed by atoms with Gasteiger partial charge in [0.05, 0.1) is 6.54 Å². The van der Waals surface area contributed by atoms with Crippen molar-refractivity contribution in [1.29, 1.82) is 0 Å². The molecule has 0 aliphatic rings. The Balaban J connectivity index is 0.00000450. The van der Waals surface area contributed by atoms with E-state index in [9.17, 15) is 9.18 Å². The van der Waals surface area contributed by atoms with Crippen LogP contribution < -0.4 is 20.7 Å². The van der Waals surface area contributed by atoms with Crippen LogP contribution in [0.4, 0.5) is 10.1 Å². The Bertz CT molecular complexity index is 798. The van der Waals surface area contributed by atoms with Crippen LogP contribution in [-0.4, -0.2) is 37.6 Å². The molecule has 6 nitrogen and oxygen atoms in total. The van der Waals surface area contributed by atoms with Crippen LogP contribution in [0, 0.1) is 5.82 Å². The predicted octanol–water partition coefficient (Wildman–Crippen LogP) is 3.97. The molecule has 2 aromatic rings. The number of hydrogen-bond donors (Lipinski definition) is 3. The number of benzene rings is 2. The van der Waals surface area contributed by atoms with Crippen molar-refractivity contribution in [3.8, 4) is 5.75 Å². The molecule has 1 amide bonds. The summed E-state index contributed by atoms with van der Waals surface area (Å²) in [5.74, 6) is 0.974. The summed E-state index contributed by atoms with van der Waals surface area (Å²) in [6.45, 7) is 7.37. The monoisotopic (exact) mass is 528 g/mol. The Kier molecular flexibility index (Phi) is 11.8. The lowest BCUT2D eigenvalue weighted by molar-refractivity contribution is -0.114. The SMILES string of the molecule is CCNC(=NCC(C)Oc1ccc(F)cc1)NCCc1ccc(NC(C)=O)cc1.I. The van der Waals surface area contributed by atoms with Crippen molar-refractivity contribution in [2.45, 2.75) is 33.3 Å². The second-order valence-electron chi connectivity index (χ2n) is 6.66. The highest BCUT2D eigenvalue weighted by Gasteiger charge is 2.05. The fourth-order valence-corrected chi connectivity index (χ4v) is 2.63. The number of ether oxygens (including phenoxy) is 1. The van der Waals surface area contributed by atoms with Gasteiger partial charge < -0.3 is 20.7 Å². The molecule has 0 heterocycles. The maximum Gasteiger partial charge on any atom is 0.221 e. The third-order valence-electron chi connectivity index (χ3n) is 3.98. The highest BCUT2D eigenvalue weighted by Crippen LogP contribution is 2.13. The molecule has 1 atom stereocenters. The number of halogens is 2. The molecule has 0 fully saturated rings. The standard InChI is InChI=1S/C22H29FN4O2.HI/c1-4-24-22(26-15-16(2)29-21-11-7-19(23)8-12-21)25-14-13-18-5-9-20(10-6-18)27-17(3)28;/h5-12,16H,4,13-15H2,1-3H3,(H,27,28)(H2,24,25,26);1H. The van der Waals surface area contributed by atoms with Crippen molar-refractivity contribution >= 4 is 41.5 Å². The molecule has 30 heavy (non-hydrogen) atoms. The maximum absolute atomic E-state index is 13.0. The zero-order chi connectivity index (χ0) is 21.1. The van der Waals surface area contributed by atoms with Crippen LogP contribution in [0.2, 0.25) is 0 Å². The number of nitrogens with zero attached hydrogens (tertiary/aromatic N) is 1. The smallest absolute Gasteiger partial charge is 0.221 e. The van der Waals surface area contributed by atoms with Gasteiger partial charge in [0.2, 0.25) is 5.91 Å². The first-order valence-electron chi connectivity index (χ1n) is 9.77. The Morgan fingerprint density at radius 3 is 2.37 bits per heavy atom. The summed E-state index contributed by atoms with van der Waals surface area (Å²) in [5.41, 5.74) is 1.95. The summed E-state index contributed by atoms with van der Waals surface area (Å²) in [4.78, 5) is 15.6. The third kappa shape index (κ3) is 9.91. The number of rotatable bonds is 9. The van der Waals surface area contributed by atoms with Gasteiger partial charge in [-0.2, -0.15) is 0 Å². The minimum Gasteiger partial charge on any atom is -0.489 e. The highest BCUT2D eigenvalue weighted by molar-refractivity contribution is 14.0. The summed E-state index contributed by atoms with van der Waals surface area (Å²) in [5, 5.41) is 9.28. The molecule has 0 saturated carbocycles. The van der Waals surface area contributed by atoms with E-state index in [-0.39, 0.29) is 41.8 Å². The molecule has 8 heteroatoms. The number of carbonyl (C=O) groups is 1. The predicted molar refractivity (Wildman–Crippen MR) is 130 cm³/mol. The van der Waals surface area contributed by atoms with Crippen LogP contribution in [0.5, 0.6) is 5.75 Å². The van der Waals surface area contributed by atoms with Crippen LogP contribution >= 0.6 is 24.0 Å². The molecule has 0 saturated heterocycles. The van der Waals surface area contributed by atoms with Crippen LogP contribution in [0.3, 0.4) is 0 Å². The molecule has 0 aromatic heterocycles. The summed E-state index contributed by atoms with van der Waals surface area (Å²) in [6, 6.07) is 13.7. The summed E-state index contributed by atoms with van der Waals surface area (Å²) in [7, 11) is 0. The van der Waals surface area contributed by atoms with E-state index in [1.807, 2.05) is 38.1 Å². The van der Waals surface area contributed by atoms with E-state index in [0.29, 0.717) is 12.3 Å². The Hall–Kier alpha value is -2.36. The third-order valence-corrected chi connectivity index (χ3v) is 3.98. The Labute approximate surface area is 194 Å². The van der Waals surface area contributed by atoms with Crippen LogP contribution in [0.25, 0.3) is 0 Å². The molecule has 3 N–H and O–H groups in total. The summed E-state index contributed by atoms with van der Waals surface area (Å²) < 4.78 is 18.7. The average Bonchev–Trinajstić information content (AvgIpc) is 2.69. The molecule has 164 valence electrons. The van der Waals surface area contributed by atoms with E-state index < -0.39 is 0 Å². The minimum atomic E-state index is -0.286. The zero-order valence-electron chi connectivity index (χ0n) is 17.6. The van der Waals surface area contributed by atoms with Gasteiger partial charge in [-0.05, 0) is 62.2 Å². The van der Waals surface area contributed by atoms with E-state index in [2.05, 4.69) is 20.9 Å². The quantitative estimate of drug-likeness (QED) is 0.262. The average molecular weight is 528 g/mol. The number of amides is 1. The normalized spacial score (nSPS) is 11.8. The van der Waals surface area contributed by atoms with Gasteiger partial charge >= 0.3 is 0 Å². The van der Waals surface area contributed by atoms with E-state index in [0.717, 1.165) is 36.7 Å². The van der Waals surface area contributed by atoms with E-state index in [1.165, 1.54) is 19.1 Å². The topological polar surface area (TPSA) is 74.8 Å². The van der Waals surface area contributed by atoms with E-state index in [4.69, 9.17) is 4.74 Å². The van der Waals surface area contributed by atoms with Crippen molar-refractivity contribution in [3.05, 3.63) is 59.9 Å². The van der Waals surface area contributed by atoms with Gasteiger partial charge in [-0.1, -0.05) is 12.1 Å². The first kappa shape index (κ1) is 25.7. The lowest BCUT2D eigenvalue weighted by atomic mass is 10.1. The molecule has 2 aromatic carbocycles. The number of hydrogen-bond acceptors (Lipinski definition) is 3. The number of carbonyl (C=O) groups excluding carboxylic acids is 1. The fraction of sp³-hybridized carbons (Fsp3) is 0.364. The zero-order valence-corrected chi connectivity index (χ0v) is 19.9. The lowest BCUT2D eigenvalue weighted by Gasteiger charge is -2.15. The van der Waals surface area contributed by atoms with Crippen molar-refractivity contribution in [1.82, 2.24) is 10.6 Å². The molecule has 0 radical (unpaired) electrons. The van der Waals surface area contributed by atoms with Crippen LogP contribution in [0.15, 0.2) is 53.5 Å². The Morgan fingerprint density at radius 2 is 1.77 bits per heavy atom. The van der Waals surface area contributed by atoms with Crippen LogP contribution in [0.1, 0.15) is 26.3 Å². The number of guanidine groups is 1. The molecular weight excluding hydrogens is 498 g/mol. The molecule has 1 unspecified atom stereocenters. The molecule has 0 aliphatic heterocycles. The van der Waals surface area contributed by atoms with Crippen LogP contribution in [-0.2, 0) is 11.2 Å². The number of nitrogens with one attached hydrogen (secondary N) is 3. The van der Waals surface area contributed by atoms with Gasteiger partial charge in [0.1, 0.15) is 17.7 Å². The maximum atomic E-state index is 13.0. The first-order valence-corrected chi connectivity index (χ1v) is 9.77. The number of anilines is 1. The minimum absolute atomic E-state index is 0. The highest BCUT2D eigenvalue weighted by atomic mass is 127. The largest absolute Gasteiger partial charge is 0.489 e. The molecule has 0 aliphatic carbocycles. The molecule has 2 rings (SSSR count). The van der Waals surface area contributed by atoms with Crippen molar-refractivity contribution in [2.24, 2.45) is 4.99 Å². The van der Waals surface area contributed by atoms with Gasteiger partial charge in [0, 0.05) is 25.7 Å². The van der Waals surface area contributed by atoms with Gasteiger partial charge in [0.15, 0.2) is 5.96 Å². The second kappa shape index (κ2) is 13.8. The van der Waals surface area contributed by atoms with E-state index >= 15 is 0 Å². The van der Waals surface area contributed by atoms with Gasteiger partial charge in [-0.15, -0.1) is 24.0 Å². The van der Waals surface area contributed by atoms with Crippen molar-refractivity contribution in [2.75, 3.05) is 25.0 Å². The molecule has 0 bridgehead atoms. The first-order chi connectivity index (χ1) is 14.0. The lowest BCUT2D eigenvalue weighted by Crippen LogP contribution is -2.39. The van der Waals surface area contributed by atoms with Gasteiger partial charge in [-0.25, -0.2) is 9.38 Å². The number of aliphatic imine (C=N–C) groups is 1. The molecular formula is C22H30FIN4O2. The summed E-state index contributed by atoms with van der Waals surface area (Å²) >= 11 is 0. The second-order valence-corrected chi connectivity index (χ2v) is 6.66. The van der Waals surface area contributed by atoms with E-state index in [1.54, 1.807) is 12.1 Å². The molecule has 0 spiro atoms.